The number of alkyl halides is 1. The third-order valence-corrected chi connectivity index (χ3v) is 10.4. The second kappa shape index (κ2) is 12.5. The number of allylic oxidation sites excluding steroid dienone is 1. The Bertz CT molecular complexity index is 1690. The molecule has 9 nitrogen and oxygen atoms in total. The van der Waals surface area contributed by atoms with Gasteiger partial charge in [0.2, 0.25) is 5.91 Å². The molecule has 2 atom stereocenters. The van der Waals surface area contributed by atoms with Gasteiger partial charge < -0.3 is 24.3 Å². The van der Waals surface area contributed by atoms with Crippen molar-refractivity contribution in [3.05, 3.63) is 65.4 Å². The number of carbonyl (C=O) groups is 1. The minimum Gasteiger partial charge on any atom is -0.462 e. The van der Waals surface area contributed by atoms with Gasteiger partial charge in [0, 0.05) is 54.9 Å². The van der Waals surface area contributed by atoms with E-state index in [9.17, 15) is 14.4 Å². The van der Waals surface area contributed by atoms with E-state index in [0.29, 0.717) is 38.3 Å². The molecule has 0 radical (unpaired) electrons. The number of nitrogens with zero attached hydrogens (tertiary/aromatic N) is 7. The maximum absolute atomic E-state index is 12.9. The van der Waals surface area contributed by atoms with Gasteiger partial charge in [0.1, 0.15) is 19.1 Å². The normalized spacial score (nSPS) is 22.4. The zero-order valence-electron chi connectivity index (χ0n) is 26.8. The SMILES string of the molecule is Cc1cccc2cccc(N3CCc4c(N5CCN(C(=O)/C=C/CF)[C@@H](CC#N)C5)nc(OC[C@@H]5CCCN5C)nc4C34CC4)c12. The van der Waals surface area contributed by atoms with Gasteiger partial charge in [-0.1, -0.05) is 30.3 Å². The third-order valence-electron chi connectivity index (χ3n) is 10.4. The molecule has 2 saturated heterocycles. The summed E-state index contributed by atoms with van der Waals surface area (Å²) in [4.78, 5) is 32.0. The van der Waals surface area contributed by atoms with E-state index in [4.69, 9.17) is 14.7 Å². The molecule has 2 aromatic carbocycles. The summed E-state index contributed by atoms with van der Waals surface area (Å²) in [6.07, 6.45) is 7.73. The van der Waals surface area contributed by atoms with Crippen LogP contribution in [0, 0.1) is 18.3 Å². The average molecular weight is 624 g/mol. The number of likely N-dealkylation sites (tertiary alicyclic amines) is 1. The van der Waals surface area contributed by atoms with Gasteiger partial charge in [0.05, 0.1) is 29.8 Å². The molecule has 3 aliphatic heterocycles. The van der Waals surface area contributed by atoms with Crippen molar-refractivity contribution in [1.29, 1.82) is 5.26 Å². The van der Waals surface area contributed by atoms with Crippen LogP contribution in [-0.2, 0) is 16.8 Å². The van der Waals surface area contributed by atoms with E-state index >= 15 is 0 Å². The number of ether oxygens (including phenoxy) is 1. The molecule has 240 valence electrons. The van der Waals surface area contributed by atoms with Crippen LogP contribution in [0.15, 0.2) is 48.6 Å². The molecule has 4 aliphatic rings. The lowest BCUT2D eigenvalue weighted by Crippen LogP contribution is -2.55. The van der Waals surface area contributed by atoms with E-state index in [1.165, 1.54) is 34.2 Å². The topological polar surface area (TPSA) is 88.8 Å². The summed E-state index contributed by atoms with van der Waals surface area (Å²) < 4.78 is 19.2. The van der Waals surface area contributed by atoms with Gasteiger partial charge in [-0.3, -0.25) is 4.79 Å². The first kappa shape index (κ1) is 30.4. The minimum absolute atomic E-state index is 0.189. The Kier molecular flexibility index (Phi) is 8.28. The van der Waals surface area contributed by atoms with Crippen LogP contribution in [0.25, 0.3) is 10.8 Å². The average Bonchev–Trinajstić information content (AvgIpc) is 3.74. The summed E-state index contributed by atoms with van der Waals surface area (Å²) in [5.41, 5.74) is 4.47. The predicted octanol–water partition coefficient (Wildman–Crippen LogP) is 4.92. The maximum atomic E-state index is 12.9. The summed E-state index contributed by atoms with van der Waals surface area (Å²) in [6, 6.07) is 15.7. The van der Waals surface area contributed by atoms with Gasteiger partial charge in [0.15, 0.2) is 0 Å². The first-order chi connectivity index (χ1) is 22.4. The van der Waals surface area contributed by atoms with Crippen LogP contribution in [0.2, 0.25) is 0 Å². The molecule has 0 unspecified atom stereocenters. The molecule has 0 bridgehead atoms. The summed E-state index contributed by atoms with van der Waals surface area (Å²) in [5.74, 6) is 0.596. The Morgan fingerprint density at radius 1 is 1.13 bits per heavy atom. The molecule has 1 aliphatic carbocycles. The highest BCUT2D eigenvalue weighted by Crippen LogP contribution is 2.57. The van der Waals surface area contributed by atoms with Crippen molar-refractivity contribution in [3.8, 4) is 12.1 Å². The van der Waals surface area contributed by atoms with Crippen molar-refractivity contribution >= 4 is 28.2 Å². The van der Waals surface area contributed by atoms with Gasteiger partial charge in [0.25, 0.3) is 0 Å². The fourth-order valence-corrected chi connectivity index (χ4v) is 7.88. The van der Waals surface area contributed by atoms with Gasteiger partial charge in [-0.05, 0) is 75.7 Å². The zero-order chi connectivity index (χ0) is 31.8. The number of carbonyl (C=O) groups excluding carboxylic acids is 1. The molecule has 3 fully saturated rings. The number of aryl methyl sites for hydroxylation is 1. The monoisotopic (exact) mass is 623 g/mol. The molecule has 4 heterocycles. The summed E-state index contributed by atoms with van der Waals surface area (Å²) >= 11 is 0. The number of nitriles is 1. The highest BCUT2D eigenvalue weighted by atomic mass is 19.1. The quantitative estimate of drug-likeness (QED) is 0.327. The zero-order valence-corrected chi connectivity index (χ0v) is 26.8. The number of benzene rings is 2. The summed E-state index contributed by atoms with van der Waals surface area (Å²) in [5, 5.41) is 12.2. The molecule has 1 saturated carbocycles. The van der Waals surface area contributed by atoms with E-state index in [-0.39, 0.29) is 23.9 Å². The molecule has 7 rings (SSSR count). The number of aromatic nitrogens is 2. The Morgan fingerprint density at radius 3 is 2.70 bits per heavy atom. The summed E-state index contributed by atoms with van der Waals surface area (Å²) in [7, 11) is 2.14. The van der Waals surface area contributed by atoms with Gasteiger partial charge >= 0.3 is 6.01 Å². The fourth-order valence-electron chi connectivity index (χ4n) is 7.88. The Hall–Kier alpha value is -4.23. The van der Waals surface area contributed by atoms with Crippen LogP contribution in [-0.4, -0.2) is 90.8 Å². The van der Waals surface area contributed by atoms with Crippen molar-refractivity contribution in [3.63, 3.8) is 0 Å². The van der Waals surface area contributed by atoms with E-state index < -0.39 is 6.67 Å². The minimum atomic E-state index is -0.696. The lowest BCUT2D eigenvalue weighted by molar-refractivity contribution is -0.128. The standard InChI is InChI=1S/C36H42FN7O2/c1-25-7-3-8-26-9-4-11-30(32(25)26)44-20-14-29-33(36(44)15-16-36)39-35(46-24-28-10-6-19-41(28)2)40-34(29)42-21-22-43(27(23-42)13-18-38)31(45)12-5-17-37/h3-5,7-9,11-12,27-28H,6,10,13-17,19-24H2,1-2H3/b12-5+/t27-,28-/m0/s1. The number of anilines is 2. The second-order valence-corrected chi connectivity index (χ2v) is 13.2. The van der Waals surface area contributed by atoms with Crippen LogP contribution >= 0.6 is 0 Å². The number of halogens is 1. The van der Waals surface area contributed by atoms with Crippen molar-refractivity contribution in [2.75, 3.05) is 62.9 Å². The van der Waals surface area contributed by atoms with Crippen LogP contribution in [0.5, 0.6) is 6.01 Å². The number of hydrogen-bond acceptors (Lipinski definition) is 8. The van der Waals surface area contributed by atoms with E-state index in [1.807, 2.05) is 0 Å². The smallest absolute Gasteiger partial charge is 0.318 e. The van der Waals surface area contributed by atoms with Crippen molar-refractivity contribution in [2.24, 2.45) is 0 Å². The number of amides is 1. The van der Waals surface area contributed by atoms with Crippen molar-refractivity contribution in [2.45, 2.75) is 63.1 Å². The van der Waals surface area contributed by atoms with Gasteiger partial charge in [-0.15, -0.1) is 0 Å². The molecule has 1 amide bonds. The van der Waals surface area contributed by atoms with Crippen LogP contribution < -0.4 is 14.5 Å². The number of fused-ring (bicyclic) bond motifs is 3. The lowest BCUT2D eigenvalue weighted by atomic mass is 9.92. The lowest BCUT2D eigenvalue weighted by Gasteiger charge is -2.44. The second-order valence-electron chi connectivity index (χ2n) is 13.2. The molecular formula is C36H42FN7O2. The third kappa shape index (κ3) is 5.45. The largest absolute Gasteiger partial charge is 0.462 e. The van der Waals surface area contributed by atoms with Gasteiger partial charge in [-0.25, -0.2) is 4.39 Å². The molecule has 3 aromatic rings. The van der Waals surface area contributed by atoms with E-state index in [0.717, 1.165) is 62.3 Å². The Labute approximate surface area is 270 Å². The van der Waals surface area contributed by atoms with E-state index in [2.05, 4.69) is 71.1 Å². The molecule has 0 N–H and O–H groups in total. The number of likely N-dealkylation sites (N-methyl/N-ethyl adjacent to an activating group) is 1. The fraction of sp³-hybridized carbons (Fsp3) is 0.500. The predicted molar refractivity (Wildman–Crippen MR) is 177 cm³/mol. The Balaban J connectivity index is 1.27. The summed E-state index contributed by atoms with van der Waals surface area (Å²) in [6.45, 7) is 5.39. The molecule has 46 heavy (non-hydrogen) atoms. The number of rotatable bonds is 8. The molecular weight excluding hydrogens is 581 g/mol. The first-order valence-electron chi connectivity index (χ1n) is 16.6. The van der Waals surface area contributed by atoms with Gasteiger partial charge in [-0.2, -0.15) is 15.2 Å². The van der Waals surface area contributed by atoms with Crippen LogP contribution in [0.1, 0.15) is 48.9 Å². The highest BCUT2D eigenvalue weighted by Gasteiger charge is 2.55. The van der Waals surface area contributed by atoms with Crippen LogP contribution in [0.4, 0.5) is 15.9 Å². The first-order valence-corrected chi connectivity index (χ1v) is 16.6. The maximum Gasteiger partial charge on any atom is 0.318 e. The van der Waals surface area contributed by atoms with E-state index in [1.54, 1.807) is 4.90 Å². The van der Waals surface area contributed by atoms with Crippen molar-refractivity contribution in [1.82, 2.24) is 19.8 Å². The Morgan fingerprint density at radius 2 is 1.96 bits per heavy atom. The van der Waals surface area contributed by atoms with Crippen molar-refractivity contribution < 1.29 is 13.9 Å². The molecule has 1 spiro atoms. The van der Waals surface area contributed by atoms with Crippen LogP contribution in [0.3, 0.4) is 0 Å². The molecule has 1 aromatic heterocycles. The number of piperazine rings is 1. The highest BCUT2D eigenvalue weighted by molar-refractivity contribution is 5.97. The number of hydrogen-bond donors (Lipinski definition) is 0. The molecule has 10 heteroatoms.